The Hall–Kier alpha value is -1.84. The minimum absolute atomic E-state index is 0.0140. The van der Waals surface area contributed by atoms with E-state index in [1.807, 2.05) is 13.1 Å². The number of allylic oxidation sites excluding steroid dienone is 6. The predicted octanol–water partition coefficient (Wildman–Crippen LogP) is 2.32. The number of aromatic amines is 1. The lowest BCUT2D eigenvalue weighted by molar-refractivity contribution is 0.265. The first-order valence-corrected chi connectivity index (χ1v) is 8.17. The molecule has 0 fully saturated rings. The number of H-pyrrole nitrogens is 1. The van der Waals surface area contributed by atoms with E-state index in [9.17, 15) is 0 Å². The average molecular weight is 314 g/mol. The van der Waals surface area contributed by atoms with Crippen LogP contribution in [-0.2, 0) is 6.42 Å². The van der Waals surface area contributed by atoms with Crippen LogP contribution in [0.1, 0.15) is 39.2 Å². The molecule has 1 aromatic rings. The van der Waals surface area contributed by atoms with Crippen molar-refractivity contribution in [3.05, 3.63) is 58.3 Å². The van der Waals surface area contributed by atoms with E-state index in [1.165, 1.54) is 5.57 Å². The number of aliphatic hydroxyl groups excluding tert-OH is 1. The first-order valence-electron chi connectivity index (χ1n) is 8.17. The first-order chi connectivity index (χ1) is 11.0. The summed E-state index contributed by atoms with van der Waals surface area (Å²) in [5, 5.41) is 11.1. The summed E-state index contributed by atoms with van der Waals surface area (Å²) in [7, 11) is 0. The maximum Gasteiger partial charge on any atom is 0.0585 e. The molecular formula is C20H30N2O. The van der Waals surface area contributed by atoms with Gasteiger partial charge in [-0.3, -0.25) is 0 Å². The van der Waals surface area contributed by atoms with E-state index in [2.05, 4.69) is 55.8 Å². The number of rotatable bonds is 8. The van der Waals surface area contributed by atoms with Gasteiger partial charge in [0, 0.05) is 17.6 Å². The predicted molar refractivity (Wildman–Crippen MR) is 100 cm³/mol. The van der Waals surface area contributed by atoms with Crippen LogP contribution in [-0.4, -0.2) is 22.7 Å². The lowest BCUT2D eigenvalue weighted by Crippen LogP contribution is -2.31. The summed E-state index contributed by atoms with van der Waals surface area (Å²) >= 11 is 0. The molecule has 1 atom stereocenters. The SMILES string of the molecule is C=c1c(CC(N)CO)c[nH]c1=C(C)C=CC=C(C)CCC=CC. The minimum Gasteiger partial charge on any atom is -0.395 e. The van der Waals surface area contributed by atoms with Crippen molar-refractivity contribution in [3.8, 4) is 0 Å². The Morgan fingerprint density at radius 2 is 2.17 bits per heavy atom. The molecule has 4 N–H and O–H groups in total. The van der Waals surface area contributed by atoms with Crippen LogP contribution in [0.4, 0.5) is 0 Å². The van der Waals surface area contributed by atoms with Crippen molar-refractivity contribution in [1.82, 2.24) is 4.98 Å². The molecule has 1 heterocycles. The van der Waals surface area contributed by atoms with Gasteiger partial charge in [0.1, 0.15) is 0 Å². The molecule has 3 nitrogen and oxygen atoms in total. The molecular weight excluding hydrogens is 284 g/mol. The fourth-order valence-electron chi connectivity index (χ4n) is 2.38. The Kier molecular flexibility index (Phi) is 8.38. The third-order valence-corrected chi connectivity index (χ3v) is 3.86. The molecule has 126 valence electrons. The number of nitrogens with one attached hydrogen (secondary N) is 1. The second kappa shape index (κ2) is 10.0. The Bertz CT molecular complexity index is 677. The lowest BCUT2D eigenvalue weighted by Gasteiger charge is -2.05. The van der Waals surface area contributed by atoms with Crippen LogP contribution in [0.5, 0.6) is 0 Å². The second-order valence-electron chi connectivity index (χ2n) is 5.98. The maximum absolute atomic E-state index is 9.07. The van der Waals surface area contributed by atoms with E-state index in [1.54, 1.807) is 0 Å². The Morgan fingerprint density at radius 3 is 2.83 bits per heavy atom. The fraction of sp³-hybridized carbons (Fsp3) is 0.400. The number of hydrogen-bond acceptors (Lipinski definition) is 2. The molecule has 0 aliphatic carbocycles. The Labute approximate surface area is 139 Å². The van der Waals surface area contributed by atoms with Gasteiger partial charge in [-0.15, -0.1) is 0 Å². The van der Waals surface area contributed by atoms with Crippen LogP contribution >= 0.6 is 0 Å². The quantitative estimate of drug-likeness (QED) is 0.509. The summed E-state index contributed by atoms with van der Waals surface area (Å²) in [4.78, 5) is 3.27. The fourth-order valence-corrected chi connectivity index (χ4v) is 2.38. The molecule has 0 saturated carbocycles. The Balaban J connectivity index is 2.85. The third-order valence-electron chi connectivity index (χ3n) is 3.86. The molecule has 0 saturated heterocycles. The zero-order valence-corrected chi connectivity index (χ0v) is 14.6. The van der Waals surface area contributed by atoms with Crippen LogP contribution in [0, 0.1) is 0 Å². The van der Waals surface area contributed by atoms with Gasteiger partial charge in [-0.2, -0.15) is 0 Å². The molecule has 0 bridgehead atoms. The molecule has 1 rings (SSSR count). The van der Waals surface area contributed by atoms with Crippen molar-refractivity contribution in [3.63, 3.8) is 0 Å². The van der Waals surface area contributed by atoms with E-state index in [4.69, 9.17) is 10.8 Å². The standard InChI is InChI=1S/C20H30N2O/c1-5-6-7-9-15(2)10-8-11-16(3)20-17(4)18(13-22-20)12-19(21)14-23/h5-6,8,10-11,13,19,22-23H,4,7,9,12,14,21H2,1-3H3. The molecule has 0 aliphatic rings. The number of aromatic nitrogens is 1. The molecule has 0 radical (unpaired) electrons. The summed E-state index contributed by atoms with van der Waals surface area (Å²) in [5.41, 5.74) is 9.36. The third kappa shape index (κ3) is 6.43. The normalized spacial score (nSPS) is 15.6. The van der Waals surface area contributed by atoms with E-state index < -0.39 is 0 Å². The lowest BCUT2D eigenvalue weighted by atomic mass is 10.1. The highest BCUT2D eigenvalue weighted by atomic mass is 16.3. The number of aliphatic hydroxyl groups is 1. The molecule has 23 heavy (non-hydrogen) atoms. The van der Waals surface area contributed by atoms with Crippen LogP contribution in [0.2, 0.25) is 0 Å². The average Bonchev–Trinajstić information content (AvgIpc) is 2.88. The van der Waals surface area contributed by atoms with Crippen molar-refractivity contribution in [1.29, 1.82) is 0 Å². The van der Waals surface area contributed by atoms with E-state index in [0.29, 0.717) is 6.42 Å². The van der Waals surface area contributed by atoms with Gasteiger partial charge in [0.15, 0.2) is 0 Å². The van der Waals surface area contributed by atoms with Gasteiger partial charge in [-0.05, 0) is 56.4 Å². The van der Waals surface area contributed by atoms with Crippen LogP contribution in [0.3, 0.4) is 0 Å². The topological polar surface area (TPSA) is 62.0 Å². The van der Waals surface area contributed by atoms with Gasteiger partial charge in [0.05, 0.1) is 6.61 Å². The van der Waals surface area contributed by atoms with Gasteiger partial charge in [0.2, 0.25) is 0 Å². The van der Waals surface area contributed by atoms with E-state index in [0.717, 1.165) is 34.5 Å². The molecule has 3 heteroatoms. The number of hydrogen-bond donors (Lipinski definition) is 3. The van der Waals surface area contributed by atoms with Gasteiger partial charge in [-0.1, -0.05) is 42.5 Å². The molecule has 0 amide bonds. The van der Waals surface area contributed by atoms with Crippen molar-refractivity contribution < 1.29 is 5.11 Å². The largest absolute Gasteiger partial charge is 0.395 e. The molecule has 0 spiro atoms. The van der Waals surface area contributed by atoms with E-state index in [-0.39, 0.29) is 12.6 Å². The van der Waals surface area contributed by atoms with Crippen LogP contribution in [0.15, 0.2) is 42.2 Å². The van der Waals surface area contributed by atoms with Crippen molar-refractivity contribution >= 4 is 12.2 Å². The Morgan fingerprint density at radius 1 is 1.43 bits per heavy atom. The summed E-state index contributed by atoms with van der Waals surface area (Å²) in [6.07, 6.45) is 15.3. The maximum atomic E-state index is 9.07. The van der Waals surface area contributed by atoms with Crippen LogP contribution in [0.25, 0.3) is 12.2 Å². The highest BCUT2D eigenvalue weighted by Crippen LogP contribution is 2.05. The van der Waals surface area contributed by atoms with Crippen molar-refractivity contribution in [2.75, 3.05) is 6.61 Å². The summed E-state index contributed by atoms with van der Waals surface area (Å²) < 4.78 is 0. The first kappa shape index (κ1) is 19.2. The zero-order chi connectivity index (χ0) is 17.2. The van der Waals surface area contributed by atoms with Gasteiger partial charge in [-0.25, -0.2) is 0 Å². The van der Waals surface area contributed by atoms with Crippen molar-refractivity contribution in [2.45, 2.75) is 46.1 Å². The molecule has 1 aromatic heterocycles. The molecule has 1 unspecified atom stereocenters. The van der Waals surface area contributed by atoms with Gasteiger partial charge >= 0.3 is 0 Å². The zero-order valence-electron chi connectivity index (χ0n) is 14.6. The highest BCUT2D eigenvalue weighted by molar-refractivity contribution is 5.54. The number of nitrogens with two attached hydrogens (primary N) is 1. The summed E-state index contributed by atoms with van der Waals surface area (Å²) in [6, 6.07) is -0.238. The smallest absolute Gasteiger partial charge is 0.0585 e. The minimum atomic E-state index is -0.238. The van der Waals surface area contributed by atoms with Gasteiger partial charge in [0.25, 0.3) is 0 Å². The van der Waals surface area contributed by atoms with Crippen molar-refractivity contribution in [2.24, 2.45) is 5.73 Å². The molecule has 0 aliphatic heterocycles. The van der Waals surface area contributed by atoms with E-state index >= 15 is 0 Å². The van der Waals surface area contributed by atoms with Gasteiger partial charge < -0.3 is 15.8 Å². The summed E-state index contributed by atoms with van der Waals surface area (Å²) in [6.45, 7) is 10.4. The second-order valence-corrected chi connectivity index (χ2v) is 5.98. The monoisotopic (exact) mass is 314 g/mol. The highest BCUT2D eigenvalue weighted by Gasteiger charge is 2.05. The van der Waals surface area contributed by atoms with Crippen LogP contribution < -0.4 is 16.3 Å². The molecule has 0 aromatic carbocycles. The summed E-state index contributed by atoms with van der Waals surface area (Å²) in [5.74, 6) is 0.